The van der Waals surface area contributed by atoms with Gasteiger partial charge in [0.25, 0.3) is 0 Å². The van der Waals surface area contributed by atoms with Crippen LogP contribution in [0.4, 0.5) is 0 Å². The zero-order chi connectivity index (χ0) is 18.7. The topological polar surface area (TPSA) is 97.2 Å². The summed E-state index contributed by atoms with van der Waals surface area (Å²) >= 11 is 0. The van der Waals surface area contributed by atoms with Gasteiger partial charge in [0, 0.05) is 44.5 Å². The van der Waals surface area contributed by atoms with Gasteiger partial charge in [0.2, 0.25) is 15.9 Å². The molecule has 1 aliphatic heterocycles. The summed E-state index contributed by atoms with van der Waals surface area (Å²) in [6.07, 6.45) is 5.76. The molecule has 0 saturated carbocycles. The third kappa shape index (κ3) is 3.78. The van der Waals surface area contributed by atoms with Crippen LogP contribution in [0.15, 0.2) is 35.6 Å². The summed E-state index contributed by atoms with van der Waals surface area (Å²) in [6, 6.07) is 3.43. The predicted molar refractivity (Wildman–Crippen MR) is 95.6 cm³/mol. The van der Waals surface area contributed by atoms with Crippen LogP contribution in [0.5, 0.6) is 0 Å². The van der Waals surface area contributed by atoms with Gasteiger partial charge in [-0.05, 0) is 31.9 Å². The first kappa shape index (κ1) is 18.5. The van der Waals surface area contributed by atoms with Crippen LogP contribution in [0.3, 0.4) is 0 Å². The van der Waals surface area contributed by atoms with Crippen LogP contribution >= 0.6 is 0 Å². The molecule has 1 aliphatic rings. The van der Waals surface area contributed by atoms with Gasteiger partial charge in [0.15, 0.2) is 0 Å². The average molecular weight is 377 g/mol. The number of amides is 1. The molecule has 26 heavy (non-hydrogen) atoms. The third-order valence-corrected chi connectivity index (χ3v) is 6.48. The van der Waals surface area contributed by atoms with Crippen LogP contribution in [-0.2, 0) is 27.9 Å². The molecule has 1 saturated heterocycles. The van der Waals surface area contributed by atoms with Gasteiger partial charge >= 0.3 is 0 Å². The second-order valence-corrected chi connectivity index (χ2v) is 8.28. The number of carbonyl (C=O) groups excluding carboxylic acids is 1. The van der Waals surface area contributed by atoms with Gasteiger partial charge in [-0.25, -0.2) is 8.42 Å². The second-order valence-electron chi connectivity index (χ2n) is 6.37. The maximum absolute atomic E-state index is 13.3. The number of carbonyl (C=O) groups is 1. The van der Waals surface area contributed by atoms with E-state index in [1.807, 2.05) is 13.0 Å². The fourth-order valence-corrected chi connectivity index (χ4v) is 4.78. The Morgan fingerprint density at radius 3 is 2.77 bits per heavy atom. The number of sulfonamides is 1. The lowest BCUT2D eigenvalue weighted by atomic mass is 10.2. The maximum Gasteiger partial charge on any atom is 0.246 e. The molecule has 140 valence electrons. The van der Waals surface area contributed by atoms with Crippen LogP contribution in [0.1, 0.15) is 31.0 Å². The van der Waals surface area contributed by atoms with Crippen molar-refractivity contribution in [2.75, 3.05) is 6.54 Å². The Kier molecular flexibility index (Phi) is 5.38. The van der Waals surface area contributed by atoms with Gasteiger partial charge in [0.05, 0.1) is 11.9 Å². The van der Waals surface area contributed by atoms with Crippen molar-refractivity contribution in [1.29, 1.82) is 0 Å². The molecule has 2 aromatic heterocycles. The van der Waals surface area contributed by atoms with Gasteiger partial charge in [-0.1, -0.05) is 6.07 Å². The van der Waals surface area contributed by atoms with Gasteiger partial charge in [-0.2, -0.15) is 9.40 Å². The minimum atomic E-state index is -3.75. The molecule has 0 radical (unpaired) electrons. The van der Waals surface area contributed by atoms with E-state index in [0.717, 1.165) is 5.56 Å². The summed E-state index contributed by atoms with van der Waals surface area (Å²) in [6.45, 7) is 4.68. The number of nitrogens with zero attached hydrogens (tertiary/aromatic N) is 4. The fourth-order valence-electron chi connectivity index (χ4n) is 3.14. The lowest BCUT2D eigenvalue weighted by Gasteiger charge is -2.25. The molecule has 1 fully saturated rings. The Morgan fingerprint density at radius 2 is 2.19 bits per heavy atom. The average Bonchev–Trinajstić information content (AvgIpc) is 3.20. The van der Waals surface area contributed by atoms with E-state index < -0.39 is 10.0 Å². The highest BCUT2D eigenvalue weighted by molar-refractivity contribution is 7.89. The van der Waals surface area contributed by atoms with E-state index in [4.69, 9.17) is 0 Å². The van der Waals surface area contributed by atoms with Crippen molar-refractivity contribution in [3.05, 3.63) is 42.0 Å². The van der Waals surface area contributed by atoms with Crippen molar-refractivity contribution in [3.63, 3.8) is 0 Å². The molecule has 0 spiro atoms. The van der Waals surface area contributed by atoms with E-state index in [1.54, 1.807) is 30.1 Å². The third-order valence-electron chi connectivity index (χ3n) is 4.57. The second kappa shape index (κ2) is 7.55. The molecule has 0 unspecified atom stereocenters. The summed E-state index contributed by atoms with van der Waals surface area (Å²) in [4.78, 5) is 15.8. The largest absolute Gasteiger partial charge is 0.352 e. The standard InChI is InChI=1S/C17H23N5O3S/c1-3-22-13(2)16(10-19-22)26(24,25)21(11-14-5-4-8-18-9-14)12-15-6-7-17(23)20-15/h4-5,8-10,15H,3,6-7,11-12H2,1-2H3,(H,20,23)/t15-/m0/s1. The molecule has 3 rings (SSSR count). The normalized spacial score (nSPS) is 17.7. The number of hydrogen-bond acceptors (Lipinski definition) is 5. The smallest absolute Gasteiger partial charge is 0.246 e. The minimum Gasteiger partial charge on any atom is -0.352 e. The lowest BCUT2D eigenvalue weighted by molar-refractivity contribution is -0.119. The van der Waals surface area contributed by atoms with Crippen LogP contribution in [0.25, 0.3) is 0 Å². The minimum absolute atomic E-state index is 0.0382. The quantitative estimate of drug-likeness (QED) is 0.779. The molecule has 0 bridgehead atoms. The van der Waals surface area contributed by atoms with E-state index >= 15 is 0 Å². The van der Waals surface area contributed by atoms with Crippen molar-refractivity contribution in [1.82, 2.24) is 24.4 Å². The van der Waals surface area contributed by atoms with Gasteiger partial charge in [-0.15, -0.1) is 0 Å². The van der Waals surface area contributed by atoms with E-state index in [2.05, 4.69) is 15.4 Å². The van der Waals surface area contributed by atoms with Gasteiger partial charge < -0.3 is 5.32 Å². The fraction of sp³-hybridized carbons (Fsp3) is 0.471. The molecule has 3 heterocycles. The zero-order valence-corrected chi connectivity index (χ0v) is 15.7. The first-order valence-electron chi connectivity index (χ1n) is 8.62. The van der Waals surface area contributed by atoms with Crippen LogP contribution in [-0.4, -0.2) is 46.0 Å². The van der Waals surface area contributed by atoms with E-state index in [9.17, 15) is 13.2 Å². The highest BCUT2D eigenvalue weighted by atomic mass is 32.2. The van der Waals surface area contributed by atoms with Crippen LogP contribution in [0.2, 0.25) is 0 Å². The SMILES string of the molecule is CCn1ncc(S(=O)(=O)N(Cc2cccnc2)C[C@@H]2CCC(=O)N2)c1C. The first-order valence-corrected chi connectivity index (χ1v) is 10.1. The van der Waals surface area contributed by atoms with E-state index in [1.165, 1.54) is 10.5 Å². The Balaban J connectivity index is 1.92. The molecule has 9 heteroatoms. The molecule has 0 aliphatic carbocycles. The zero-order valence-electron chi connectivity index (χ0n) is 14.9. The molecular formula is C17H23N5O3S. The molecule has 2 aromatic rings. The number of rotatable bonds is 7. The summed E-state index contributed by atoms with van der Waals surface area (Å²) in [5.74, 6) is -0.0382. The van der Waals surface area contributed by atoms with E-state index in [-0.39, 0.29) is 29.9 Å². The Bertz CT molecular complexity index is 879. The van der Waals surface area contributed by atoms with Gasteiger partial charge in [0.1, 0.15) is 4.90 Å². The lowest BCUT2D eigenvalue weighted by Crippen LogP contribution is -2.41. The maximum atomic E-state index is 13.3. The highest BCUT2D eigenvalue weighted by Gasteiger charge is 2.32. The van der Waals surface area contributed by atoms with Crippen molar-refractivity contribution in [3.8, 4) is 0 Å². The van der Waals surface area contributed by atoms with Crippen molar-refractivity contribution < 1.29 is 13.2 Å². The monoisotopic (exact) mass is 377 g/mol. The van der Waals surface area contributed by atoms with Crippen molar-refractivity contribution in [2.24, 2.45) is 0 Å². The number of hydrogen-bond donors (Lipinski definition) is 1. The number of aromatic nitrogens is 3. The number of aryl methyl sites for hydroxylation is 1. The molecule has 0 aromatic carbocycles. The predicted octanol–water partition coefficient (Wildman–Crippen LogP) is 1.08. The number of pyridine rings is 1. The summed E-state index contributed by atoms with van der Waals surface area (Å²) < 4.78 is 29.7. The Labute approximate surface area is 153 Å². The van der Waals surface area contributed by atoms with E-state index in [0.29, 0.717) is 25.1 Å². The summed E-state index contributed by atoms with van der Waals surface area (Å²) in [7, 11) is -3.75. The van der Waals surface area contributed by atoms with Gasteiger partial charge in [-0.3, -0.25) is 14.5 Å². The molecule has 8 nitrogen and oxygen atoms in total. The molecule has 1 N–H and O–H groups in total. The number of nitrogens with one attached hydrogen (secondary N) is 1. The summed E-state index contributed by atoms with van der Waals surface area (Å²) in [5, 5.41) is 7.01. The van der Waals surface area contributed by atoms with Crippen LogP contribution in [0, 0.1) is 6.92 Å². The van der Waals surface area contributed by atoms with Crippen LogP contribution < -0.4 is 5.32 Å². The van der Waals surface area contributed by atoms with Crippen molar-refractivity contribution >= 4 is 15.9 Å². The molecule has 1 atom stereocenters. The first-order chi connectivity index (χ1) is 12.4. The Hall–Kier alpha value is -2.26. The molecular weight excluding hydrogens is 354 g/mol. The highest BCUT2D eigenvalue weighted by Crippen LogP contribution is 2.23. The molecule has 1 amide bonds. The van der Waals surface area contributed by atoms with Crippen molar-refractivity contribution in [2.45, 2.75) is 50.7 Å². The summed E-state index contributed by atoms with van der Waals surface area (Å²) in [5.41, 5.74) is 1.40. The Morgan fingerprint density at radius 1 is 1.38 bits per heavy atom.